The Morgan fingerprint density at radius 3 is 2.44 bits per heavy atom. The molecule has 0 amide bonds. The van der Waals surface area contributed by atoms with Crippen LogP contribution in [0, 0.1) is 0 Å². The minimum atomic E-state index is 0. The van der Waals surface area contributed by atoms with Gasteiger partial charge in [-0.1, -0.05) is 24.3 Å². The molecule has 2 heterocycles. The van der Waals surface area contributed by atoms with Crippen molar-refractivity contribution in [3.8, 4) is 0 Å². The van der Waals surface area contributed by atoms with Crippen LogP contribution in [-0.4, -0.2) is 14.4 Å². The van der Waals surface area contributed by atoms with E-state index in [2.05, 4.69) is 22.1 Å². The van der Waals surface area contributed by atoms with Crippen molar-refractivity contribution in [3.63, 3.8) is 0 Å². The predicted molar refractivity (Wildman–Crippen MR) is 68.0 cm³/mol. The first-order chi connectivity index (χ1) is 8.43. The molecule has 4 aromatic rings. The summed E-state index contributed by atoms with van der Waals surface area (Å²) in [5, 5.41) is 1.09. The summed E-state index contributed by atoms with van der Waals surface area (Å²) in [6, 6.07) is 16.2. The van der Waals surface area contributed by atoms with Crippen molar-refractivity contribution in [3.05, 3.63) is 54.9 Å². The summed E-state index contributed by atoms with van der Waals surface area (Å²) in [5.41, 5.74) is 4.05. The third kappa shape index (κ3) is 1.47. The predicted octanol–water partition coefficient (Wildman–Crippen LogP) is 3.03. The number of hydrogen-bond donors (Lipinski definition) is 0. The van der Waals surface area contributed by atoms with Crippen molar-refractivity contribution in [2.75, 3.05) is 0 Å². The Labute approximate surface area is 117 Å². The zero-order chi connectivity index (χ0) is 11.2. The van der Waals surface area contributed by atoms with Gasteiger partial charge in [0.2, 0.25) is 0 Å². The standard InChI is InChI=1S/C14H9N3.Ir/c1-2-6-11-10(5-1)14-16-12-7-3-4-8-13(12)17(14)9-15-11;/h1-9H;. The summed E-state index contributed by atoms with van der Waals surface area (Å²) in [4.78, 5) is 9.12. The van der Waals surface area contributed by atoms with Crippen LogP contribution < -0.4 is 0 Å². The number of imidazole rings is 1. The van der Waals surface area contributed by atoms with Crippen LogP contribution >= 0.6 is 0 Å². The fourth-order valence-electron chi connectivity index (χ4n) is 2.25. The molecule has 0 aliphatic heterocycles. The number of fused-ring (bicyclic) bond motifs is 5. The smallest absolute Gasteiger partial charge is 0.148 e. The van der Waals surface area contributed by atoms with Crippen LogP contribution in [0.5, 0.6) is 0 Å². The summed E-state index contributed by atoms with van der Waals surface area (Å²) < 4.78 is 2.04. The maximum Gasteiger partial charge on any atom is 0.148 e. The third-order valence-corrected chi connectivity index (χ3v) is 3.05. The molecule has 0 saturated heterocycles. The largest absolute Gasteiger partial charge is 0.282 e. The molecule has 3 nitrogen and oxygen atoms in total. The van der Waals surface area contributed by atoms with Crippen LogP contribution in [0.4, 0.5) is 0 Å². The summed E-state index contributed by atoms with van der Waals surface area (Å²) >= 11 is 0. The molecule has 0 atom stereocenters. The molecular weight excluding hydrogens is 402 g/mol. The van der Waals surface area contributed by atoms with E-state index in [0.717, 1.165) is 27.6 Å². The monoisotopic (exact) mass is 412 g/mol. The van der Waals surface area contributed by atoms with Gasteiger partial charge in [-0.15, -0.1) is 0 Å². The van der Waals surface area contributed by atoms with Gasteiger partial charge in [-0.3, -0.25) is 4.40 Å². The molecule has 0 N–H and O–H groups in total. The molecule has 0 saturated carbocycles. The second kappa shape index (κ2) is 4.16. The molecule has 0 unspecified atom stereocenters. The van der Waals surface area contributed by atoms with Gasteiger partial charge in [-0.2, -0.15) is 0 Å². The molecule has 89 valence electrons. The van der Waals surface area contributed by atoms with E-state index < -0.39 is 0 Å². The molecule has 2 aromatic carbocycles. The first-order valence-corrected chi connectivity index (χ1v) is 5.54. The van der Waals surface area contributed by atoms with Gasteiger partial charge in [-0.05, 0) is 24.3 Å². The quantitative estimate of drug-likeness (QED) is 0.445. The minimum Gasteiger partial charge on any atom is -0.282 e. The first-order valence-electron chi connectivity index (χ1n) is 5.54. The van der Waals surface area contributed by atoms with Crippen molar-refractivity contribution in [2.24, 2.45) is 0 Å². The molecule has 1 radical (unpaired) electrons. The number of aromatic nitrogens is 3. The van der Waals surface area contributed by atoms with E-state index in [4.69, 9.17) is 0 Å². The van der Waals surface area contributed by atoms with E-state index in [0.29, 0.717) is 0 Å². The maximum atomic E-state index is 4.67. The Hall–Kier alpha value is -1.77. The van der Waals surface area contributed by atoms with E-state index in [-0.39, 0.29) is 20.1 Å². The topological polar surface area (TPSA) is 30.2 Å². The Bertz CT molecular complexity index is 851. The SMILES string of the molecule is [Ir].c1ccc2c(c1)ncn1c3ccccc3nc21. The molecule has 0 aliphatic carbocycles. The van der Waals surface area contributed by atoms with E-state index in [1.54, 1.807) is 0 Å². The second-order valence-electron chi connectivity index (χ2n) is 4.06. The van der Waals surface area contributed by atoms with Gasteiger partial charge < -0.3 is 0 Å². The van der Waals surface area contributed by atoms with Crippen molar-refractivity contribution in [2.45, 2.75) is 0 Å². The Morgan fingerprint density at radius 2 is 1.56 bits per heavy atom. The van der Waals surface area contributed by atoms with Crippen molar-refractivity contribution >= 4 is 27.6 Å². The van der Waals surface area contributed by atoms with E-state index in [1.165, 1.54) is 0 Å². The average Bonchev–Trinajstić information content (AvgIpc) is 2.78. The first kappa shape index (κ1) is 11.3. The van der Waals surface area contributed by atoms with Crippen LogP contribution in [0.25, 0.3) is 27.6 Å². The maximum absolute atomic E-state index is 4.67. The number of benzene rings is 2. The van der Waals surface area contributed by atoms with Crippen LogP contribution in [0.1, 0.15) is 0 Å². The molecular formula is C14H9IrN3. The van der Waals surface area contributed by atoms with Gasteiger partial charge in [-0.25, -0.2) is 9.97 Å². The molecule has 18 heavy (non-hydrogen) atoms. The van der Waals surface area contributed by atoms with Crippen molar-refractivity contribution in [1.29, 1.82) is 0 Å². The van der Waals surface area contributed by atoms with E-state index >= 15 is 0 Å². The molecule has 4 rings (SSSR count). The summed E-state index contributed by atoms with van der Waals surface area (Å²) in [6.45, 7) is 0. The summed E-state index contributed by atoms with van der Waals surface area (Å²) in [6.07, 6.45) is 1.84. The summed E-state index contributed by atoms with van der Waals surface area (Å²) in [7, 11) is 0. The van der Waals surface area contributed by atoms with Crippen molar-refractivity contribution in [1.82, 2.24) is 14.4 Å². The molecule has 2 aromatic heterocycles. The Balaban J connectivity index is 0.000001000. The van der Waals surface area contributed by atoms with Crippen LogP contribution in [0.15, 0.2) is 54.9 Å². The average molecular weight is 411 g/mol. The fourth-order valence-corrected chi connectivity index (χ4v) is 2.25. The third-order valence-electron chi connectivity index (χ3n) is 3.05. The molecule has 0 spiro atoms. The molecule has 4 heteroatoms. The van der Waals surface area contributed by atoms with Crippen LogP contribution in [-0.2, 0) is 20.1 Å². The normalized spacial score (nSPS) is 10.9. The number of nitrogens with zero attached hydrogens (tertiary/aromatic N) is 3. The van der Waals surface area contributed by atoms with Gasteiger partial charge >= 0.3 is 0 Å². The zero-order valence-electron chi connectivity index (χ0n) is 9.37. The minimum absolute atomic E-state index is 0. The van der Waals surface area contributed by atoms with Gasteiger partial charge in [0.05, 0.1) is 16.6 Å². The Morgan fingerprint density at radius 1 is 0.833 bits per heavy atom. The number of hydrogen-bond acceptors (Lipinski definition) is 2. The number of rotatable bonds is 0. The van der Waals surface area contributed by atoms with Gasteiger partial charge in [0.25, 0.3) is 0 Å². The van der Waals surface area contributed by atoms with Gasteiger partial charge in [0.15, 0.2) is 0 Å². The van der Waals surface area contributed by atoms with Crippen LogP contribution in [0.2, 0.25) is 0 Å². The fraction of sp³-hybridized carbons (Fsp3) is 0. The van der Waals surface area contributed by atoms with Gasteiger partial charge in [0, 0.05) is 25.5 Å². The molecule has 0 bridgehead atoms. The van der Waals surface area contributed by atoms with E-state index in [9.17, 15) is 0 Å². The number of para-hydroxylation sites is 3. The summed E-state index contributed by atoms with van der Waals surface area (Å²) in [5.74, 6) is 0. The molecule has 0 fully saturated rings. The van der Waals surface area contributed by atoms with E-state index in [1.807, 2.05) is 47.1 Å². The zero-order valence-corrected chi connectivity index (χ0v) is 11.8. The van der Waals surface area contributed by atoms with Gasteiger partial charge in [0.1, 0.15) is 12.0 Å². The van der Waals surface area contributed by atoms with Crippen molar-refractivity contribution < 1.29 is 20.1 Å². The Kier molecular flexibility index (Phi) is 2.62. The second-order valence-corrected chi connectivity index (χ2v) is 4.06. The molecule has 0 aliphatic rings. The van der Waals surface area contributed by atoms with Crippen LogP contribution in [0.3, 0.4) is 0 Å².